The average Bonchev–Trinajstić information content (AvgIpc) is 2.56. The predicted octanol–water partition coefficient (Wildman–Crippen LogP) is 1.77. The summed E-state index contributed by atoms with van der Waals surface area (Å²) in [6.07, 6.45) is 2.08. The van der Waals surface area contributed by atoms with Crippen LogP contribution in [0, 0.1) is 0 Å². The van der Waals surface area contributed by atoms with Gasteiger partial charge < -0.3 is 15.0 Å². The molecule has 2 atom stereocenters. The van der Waals surface area contributed by atoms with Crippen molar-refractivity contribution in [1.82, 2.24) is 10.2 Å². The number of morpholine rings is 1. The maximum atomic E-state index is 12.6. The second kappa shape index (κ2) is 6.58. The van der Waals surface area contributed by atoms with Gasteiger partial charge in [0.25, 0.3) is 0 Å². The van der Waals surface area contributed by atoms with Crippen molar-refractivity contribution in [3.63, 3.8) is 0 Å². The van der Waals surface area contributed by atoms with Crippen molar-refractivity contribution < 1.29 is 9.53 Å². The van der Waals surface area contributed by atoms with Crippen LogP contribution in [0.4, 0.5) is 0 Å². The molecule has 4 nitrogen and oxygen atoms in total. The van der Waals surface area contributed by atoms with Crippen LogP contribution >= 0.6 is 0 Å². The molecular formula is C17H24N2O2. The molecule has 21 heavy (non-hydrogen) atoms. The van der Waals surface area contributed by atoms with Crippen molar-refractivity contribution in [3.05, 3.63) is 35.9 Å². The number of hydrogen-bond donors (Lipinski definition) is 1. The van der Waals surface area contributed by atoms with E-state index in [0.717, 1.165) is 32.5 Å². The van der Waals surface area contributed by atoms with Crippen molar-refractivity contribution in [2.24, 2.45) is 0 Å². The van der Waals surface area contributed by atoms with Gasteiger partial charge in [-0.2, -0.15) is 0 Å². The van der Waals surface area contributed by atoms with Crippen LogP contribution in [-0.4, -0.2) is 49.2 Å². The Hall–Kier alpha value is -1.39. The number of carbonyl (C=O) groups excluding carboxylic acids is 1. The number of carbonyl (C=O) groups is 1. The Labute approximate surface area is 126 Å². The van der Waals surface area contributed by atoms with Crippen molar-refractivity contribution >= 4 is 5.91 Å². The molecule has 2 heterocycles. The molecule has 0 bridgehead atoms. The molecule has 2 saturated heterocycles. The number of amides is 1. The summed E-state index contributed by atoms with van der Waals surface area (Å²) in [6.45, 7) is 5.14. The third-order valence-electron chi connectivity index (χ3n) is 4.66. The van der Waals surface area contributed by atoms with Gasteiger partial charge in [0, 0.05) is 19.6 Å². The first-order chi connectivity index (χ1) is 10.3. The van der Waals surface area contributed by atoms with E-state index in [1.807, 2.05) is 11.8 Å². The third kappa shape index (κ3) is 3.27. The van der Waals surface area contributed by atoms with E-state index in [9.17, 15) is 4.79 Å². The molecular weight excluding hydrogens is 264 g/mol. The Balaban J connectivity index is 1.57. The van der Waals surface area contributed by atoms with Crippen LogP contribution in [0.5, 0.6) is 0 Å². The second-order valence-corrected chi connectivity index (χ2v) is 6.02. The lowest BCUT2D eigenvalue weighted by Gasteiger charge is -2.37. The molecule has 0 radical (unpaired) electrons. The molecule has 4 heteroatoms. The van der Waals surface area contributed by atoms with Crippen molar-refractivity contribution in [3.8, 4) is 0 Å². The van der Waals surface area contributed by atoms with Gasteiger partial charge >= 0.3 is 0 Å². The standard InChI is InChI=1S/C17H24N2O2/c1-13-16(18-9-12-21-13)17(20)19-10-7-15(8-11-19)14-5-3-2-4-6-14/h2-6,13,15-16,18H,7-12H2,1H3/t13-,16+/m1/s1. The largest absolute Gasteiger partial charge is 0.375 e. The number of nitrogens with one attached hydrogen (secondary N) is 1. The highest BCUT2D eigenvalue weighted by molar-refractivity contribution is 5.82. The van der Waals surface area contributed by atoms with E-state index < -0.39 is 0 Å². The Morgan fingerprint density at radius 3 is 2.62 bits per heavy atom. The van der Waals surface area contributed by atoms with Crippen molar-refractivity contribution in [2.45, 2.75) is 37.8 Å². The summed E-state index contributed by atoms with van der Waals surface area (Å²) in [5.41, 5.74) is 1.40. The fourth-order valence-electron chi connectivity index (χ4n) is 3.36. The Morgan fingerprint density at radius 2 is 1.95 bits per heavy atom. The van der Waals surface area contributed by atoms with E-state index >= 15 is 0 Å². The first-order valence-electron chi connectivity index (χ1n) is 7.94. The number of likely N-dealkylation sites (tertiary alicyclic amines) is 1. The van der Waals surface area contributed by atoms with E-state index in [4.69, 9.17) is 4.74 Å². The van der Waals surface area contributed by atoms with Crippen LogP contribution in [0.15, 0.2) is 30.3 Å². The summed E-state index contributed by atoms with van der Waals surface area (Å²) in [7, 11) is 0. The third-order valence-corrected chi connectivity index (χ3v) is 4.66. The number of hydrogen-bond acceptors (Lipinski definition) is 3. The first-order valence-corrected chi connectivity index (χ1v) is 7.94. The lowest BCUT2D eigenvalue weighted by atomic mass is 9.89. The van der Waals surface area contributed by atoms with Gasteiger partial charge in [0.15, 0.2) is 0 Å². The lowest BCUT2D eigenvalue weighted by Crippen LogP contribution is -2.57. The van der Waals surface area contributed by atoms with Crippen molar-refractivity contribution in [2.75, 3.05) is 26.2 Å². The maximum absolute atomic E-state index is 12.6. The molecule has 0 spiro atoms. The van der Waals surface area contributed by atoms with E-state index in [0.29, 0.717) is 12.5 Å². The summed E-state index contributed by atoms with van der Waals surface area (Å²) in [5, 5.41) is 3.29. The molecule has 1 N–H and O–H groups in total. The van der Waals surface area contributed by atoms with Gasteiger partial charge in [-0.3, -0.25) is 4.79 Å². The number of piperidine rings is 1. The number of ether oxygens (including phenoxy) is 1. The zero-order valence-electron chi connectivity index (χ0n) is 12.6. The van der Waals surface area contributed by atoms with Gasteiger partial charge in [-0.1, -0.05) is 30.3 Å². The number of rotatable bonds is 2. The van der Waals surface area contributed by atoms with E-state index in [1.165, 1.54) is 5.56 Å². The lowest BCUT2D eigenvalue weighted by molar-refractivity contribution is -0.140. The molecule has 2 aliphatic rings. The second-order valence-electron chi connectivity index (χ2n) is 6.02. The van der Waals surface area contributed by atoms with Crippen LogP contribution in [-0.2, 0) is 9.53 Å². The molecule has 114 valence electrons. The van der Waals surface area contributed by atoms with Crippen LogP contribution in [0.25, 0.3) is 0 Å². The fourth-order valence-corrected chi connectivity index (χ4v) is 3.36. The van der Waals surface area contributed by atoms with Crippen LogP contribution in [0.3, 0.4) is 0 Å². The fraction of sp³-hybridized carbons (Fsp3) is 0.588. The Kier molecular flexibility index (Phi) is 4.56. The van der Waals surface area contributed by atoms with Crippen LogP contribution < -0.4 is 5.32 Å². The summed E-state index contributed by atoms with van der Waals surface area (Å²) in [6, 6.07) is 10.5. The number of benzene rings is 1. The van der Waals surface area contributed by atoms with Gasteiger partial charge in [-0.05, 0) is 31.2 Å². The normalized spacial score (nSPS) is 27.6. The summed E-state index contributed by atoms with van der Waals surface area (Å²) in [5.74, 6) is 0.789. The smallest absolute Gasteiger partial charge is 0.242 e. The maximum Gasteiger partial charge on any atom is 0.242 e. The molecule has 0 saturated carbocycles. The van der Waals surface area contributed by atoms with Crippen molar-refractivity contribution in [1.29, 1.82) is 0 Å². The first kappa shape index (κ1) is 14.5. The highest BCUT2D eigenvalue weighted by atomic mass is 16.5. The quantitative estimate of drug-likeness (QED) is 0.902. The minimum absolute atomic E-state index is 0.0295. The van der Waals surface area contributed by atoms with Gasteiger partial charge in [-0.25, -0.2) is 0 Å². The molecule has 2 aliphatic heterocycles. The predicted molar refractivity (Wildman–Crippen MR) is 82.2 cm³/mol. The zero-order chi connectivity index (χ0) is 14.7. The van der Waals surface area contributed by atoms with Crippen LogP contribution in [0.1, 0.15) is 31.2 Å². The summed E-state index contributed by atoms with van der Waals surface area (Å²) < 4.78 is 5.58. The molecule has 0 aromatic heterocycles. The van der Waals surface area contributed by atoms with Crippen LogP contribution in [0.2, 0.25) is 0 Å². The molecule has 1 amide bonds. The topological polar surface area (TPSA) is 41.6 Å². The molecule has 1 aromatic carbocycles. The minimum atomic E-state index is -0.174. The van der Waals surface area contributed by atoms with Gasteiger partial charge in [0.1, 0.15) is 6.04 Å². The van der Waals surface area contributed by atoms with E-state index in [-0.39, 0.29) is 18.1 Å². The summed E-state index contributed by atoms with van der Waals surface area (Å²) >= 11 is 0. The molecule has 1 aromatic rings. The summed E-state index contributed by atoms with van der Waals surface area (Å²) in [4.78, 5) is 14.6. The van der Waals surface area contributed by atoms with E-state index in [2.05, 4.69) is 35.6 Å². The SMILES string of the molecule is C[C@H]1OCCN[C@@H]1C(=O)N1CCC(c2ccccc2)CC1. The molecule has 0 unspecified atom stereocenters. The monoisotopic (exact) mass is 288 g/mol. The molecule has 0 aliphatic carbocycles. The average molecular weight is 288 g/mol. The molecule has 3 rings (SSSR count). The highest BCUT2D eigenvalue weighted by Gasteiger charge is 2.33. The van der Waals surface area contributed by atoms with Gasteiger partial charge in [0.2, 0.25) is 5.91 Å². The minimum Gasteiger partial charge on any atom is -0.375 e. The molecule has 2 fully saturated rings. The Bertz CT molecular complexity index is 469. The Morgan fingerprint density at radius 1 is 1.24 bits per heavy atom. The van der Waals surface area contributed by atoms with E-state index in [1.54, 1.807) is 0 Å². The van der Waals surface area contributed by atoms with Gasteiger partial charge in [0.05, 0.1) is 12.7 Å². The highest BCUT2D eigenvalue weighted by Crippen LogP contribution is 2.28. The number of nitrogens with zero attached hydrogens (tertiary/aromatic N) is 1. The zero-order valence-corrected chi connectivity index (χ0v) is 12.6. The van der Waals surface area contributed by atoms with Gasteiger partial charge in [-0.15, -0.1) is 0 Å².